The summed E-state index contributed by atoms with van der Waals surface area (Å²) in [6, 6.07) is 17.8. The van der Waals surface area contributed by atoms with Crippen molar-refractivity contribution in [3.8, 4) is 23.0 Å². The molecule has 1 aliphatic carbocycles. The Morgan fingerprint density at radius 3 is 2.41 bits per heavy atom. The third-order valence-electron chi connectivity index (χ3n) is 4.83. The average molecular weight is 385 g/mol. The molecule has 1 aliphatic rings. The number of aromatic amines is 1. The lowest BCUT2D eigenvalue weighted by Crippen LogP contribution is -2.26. The number of pyridine rings is 1. The summed E-state index contributed by atoms with van der Waals surface area (Å²) in [5.41, 5.74) is 10.5. The van der Waals surface area contributed by atoms with E-state index in [9.17, 15) is 9.59 Å². The van der Waals surface area contributed by atoms with Crippen LogP contribution in [0.1, 0.15) is 22.6 Å². The summed E-state index contributed by atoms with van der Waals surface area (Å²) in [6.07, 6.45) is 0.945. The first-order valence-electron chi connectivity index (χ1n) is 9.19. The summed E-state index contributed by atoms with van der Waals surface area (Å²) >= 11 is 0. The SMILES string of the molecule is Nc1cc(C#CCNC(=O)OCC2c3ccccc3-c3ccccc32)c[nH]c1=O. The van der Waals surface area contributed by atoms with E-state index in [0.717, 1.165) is 11.1 Å². The number of nitrogens with one attached hydrogen (secondary N) is 2. The Balaban J connectivity index is 1.35. The minimum absolute atomic E-state index is 0.0170. The smallest absolute Gasteiger partial charge is 0.407 e. The zero-order valence-electron chi connectivity index (χ0n) is 15.6. The number of fused-ring (bicyclic) bond motifs is 3. The Bertz CT molecular complexity index is 1140. The number of carbonyl (C=O) groups excluding carboxylic acids is 1. The summed E-state index contributed by atoms with van der Waals surface area (Å²) in [5.74, 6) is 5.64. The molecule has 0 saturated heterocycles. The van der Waals surface area contributed by atoms with Gasteiger partial charge in [-0.05, 0) is 28.3 Å². The molecule has 1 heterocycles. The second-order valence-electron chi connectivity index (χ2n) is 6.65. The molecule has 0 saturated carbocycles. The summed E-state index contributed by atoms with van der Waals surface area (Å²) < 4.78 is 5.44. The highest BCUT2D eigenvalue weighted by Gasteiger charge is 2.28. The van der Waals surface area contributed by atoms with E-state index in [0.29, 0.717) is 5.56 Å². The Kier molecular flexibility index (Phi) is 5.04. The number of alkyl carbamates (subject to hydrolysis) is 1. The van der Waals surface area contributed by atoms with Gasteiger partial charge in [0.2, 0.25) is 0 Å². The van der Waals surface area contributed by atoms with Crippen LogP contribution in [-0.4, -0.2) is 24.2 Å². The second-order valence-corrected chi connectivity index (χ2v) is 6.65. The van der Waals surface area contributed by atoms with Crippen LogP contribution in [0.15, 0.2) is 65.6 Å². The van der Waals surface area contributed by atoms with Crippen molar-refractivity contribution in [2.24, 2.45) is 0 Å². The summed E-state index contributed by atoms with van der Waals surface area (Å²) in [5, 5.41) is 2.61. The van der Waals surface area contributed by atoms with Crippen molar-refractivity contribution < 1.29 is 9.53 Å². The van der Waals surface area contributed by atoms with Crippen LogP contribution in [0.4, 0.5) is 10.5 Å². The van der Waals surface area contributed by atoms with Crippen molar-refractivity contribution in [3.63, 3.8) is 0 Å². The molecule has 6 nitrogen and oxygen atoms in total. The molecule has 6 heteroatoms. The highest BCUT2D eigenvalue weighted by atomic mass is 16.5. The van der Waals surface area contributed by atoms with Gasteiger partial charge in [-0.1, -0.05) is 60.4 Å². The molecule has 0 spiro atoms. The van der Waals surface area contributed by atoms with Crippen molar-refractivity contribution in [1.82, 2.24) is 10.3 Å². The van der Waals surface area contributed by atoms with Gasteiger partial charge in [-0.3, -0.25) is 4.79 Å². The normalized spacial score (nSPS) is 11.7. The largest absolute Gasteiger partial charge is 0.449 e. The molecule has 1 amide bonds. The first kappa shape index (κ1) is 18.4. The van der Waals surface area contributed by atoms with Crippen LogP contribution in [-0.2, 0) is 4.74 Å². The van der Waals surface area contributed by atoms with E-state index in [-0.39, 0.29) is 30.3 Å². The number of hydrogen-bond acceptors (Lipinski definition) is 4. The first-order valence-corrected chi connectivity index (χ1v) is 9.19. The lowest BCUT2D eigenvalue weighted by atomic mass is 9.98. The molecule has 3 aromatic rings. The predicted octanol–water partition coefficient (Wildman–Crippen LogP) is 2.85. The van der Waals surface area contributed by atoms with Crippen LogP contribution in [0.25, 0.3) is 11.1 Å². The van der Waals surface area contributed by atoms with E-state index in [4.69, 9.17) is 10.5 Å². The number of rotatable bonds is 3. The molecule has 144 valence electrons. The Labute approximate surface area is 167 Å². The Morgan fingerprint density at radius 2 is 1.76 bits per heavy atom. The number of nitrogen functional groups attached to an aromatic ring is 1. The zero-order valence-corrected chi connectivity index (χ0v) is 15.6. The zero-order chi connectivity index (χ0) is 20.2. The van der Waals surface area contributed by atoms with Gasteiger partial charge in [0, 0.05) is 17.7 Å². The van der Waals surface area contributed by atoms with Gasteiger partial charge in [0.25, 0.3) is 5.56 Å². The maximum absolute atomic E-state index is 12.1. The standard InChI is InChI=1S/C23H19N3O3/c24-21-12-15(13-26-22(21)27)6-5-11-25-23(28)29-14-20-18-9-3-1-7-16(18)17-8-2-4-10-19(17)20/h1-4,7-10,12-13,20H,11,14,24H2,(H,25,28)(H,26,27). The topological polar surface area (TPSA) is 97.2 Å². The average Bonchev–Trinajstić information content (AvgIpc) is 3.06. The quantitative estimate of drug-likeness (QED) is 0.604. The summed E-state index contributed by atoms with van der Waals surface area (Å²) in [4.78, 5) is 25.8. The van der Waals surface area contributed by atoms with Crippen molar-refractivity contribution in [2.75, 3.05) is 18.9 Å². The Hall–Kier alpha value is -3.98. The molecule has 0 bridgehead atoms. The van der Waals surface area contributed by atoms with E-state index in [1.165, 1.54) is 23.4 Å². The van der Waals surface area contributed by atoms with E-state index >= 15 is 0 Å². The number of aromatic nitrogens is 1. The fourth-order valence-corrected chi connectivity index (χ4v) is 3.49. The molecule has 4 N–H and O–H groups in total. The molecule has 0 radical (unpaired) electrons. The number of hydrogen-bond donors (Lipinski definition) is 3. The van der Waals surface area contributed by atoms with Crippen LogP contribution >= 0.6 is 0 Å². The van der Waals surface area contributed by atoms with Gasteiger partial charge in [0.15, 0.2) is 0 Å². The van der Waals surface area contributed by atoms with Gasteiger partial charge in [-0.2, -0.15) is 0 Å². The third-order valence-corrected chi connectivity index (χ3v) is 4.83. The number of nitrogens with two attached hydrogens (primary N) is 1. The van der Waals surface area contributed by atoms with Crippen molar-refractivity contribution in [2.45, 2.75) is 5.92 Å². The number of ether oxygens (including phenoxy) is 1. The van der Waals surface area contributed by atoms with Gasteiger partial charge in [-0.25, -0.2) is 4.79 Å². The molecule has 0 unspecified atom stereocenters. The van der Waals surface area contributed by atoms with Crippen LogP contribution < -0.4 is 16.6 Å². The summed E-state index contributed by atoms with van der Waals surface area (Å²) in [7, 11) is 0. The van der Waals surface area contributed by atoms with E-state index in [1.807, 2.05) is 24.3 Å². The predicted molar refractivity (Wildman–Crippen MR) is 111 cm³/mol. The summed E-state index contributed by atoms with van der Waals surface area (Å²) in [6.45, 7) is 0.374. The molecule has 29 heavy (non-hydrogen) atoms. The first-order chi connectivity index (χ1) is 14.1. The van der Waals surface area contributed by atoms with Crippen molar-refractivity contribution >= 4 is 11.8 Å². The van der Waals surface area contributed by atoms with Gasteiger partial charge < -0.3 is 20.8 Å². The van der Waals surface area contributed by atoms with Crippen LogP contribution in [0, 0.1) is 11.8 Å². The van der Waals surface area contributed by atoms with Crippen molar-refractivity contribution in [1.29, 1.82) is 0 Å². The number of carbonyl (C=O) groups is 1. The molecule has 4 rings (SSSR count). The van der Waals surface area contributed by atoms with Gasteiger partial charge in [0.05, 0.1) is 12.2 Å². The van der Waals surface area contributed by atoms with E-state index in [1.54, 1.807) is 0 Å². The number of benzene rings is 2. The molecular weight excluding hydrogens is 366 g/mol. The van der Waals surface area contributed by atoms with Gasteiger partial charge in [0.1, 0.15) is 6.61 Å². The molecule has 0 aliphatic heterocycles. The van der Waals surface area contributed by atoms with E-state index < -0.39 is 6.09 Å². The monoisotopic (exact) mass is 385 g/mol. The maximum atomic E-state index is 12.1. The fourth-order valence-electron chi connectivity index (χ4n) is 3.49. The highest BCUT2D eigenvalue weighted by Crippen LogP contribution is 2.44. The maximum Gasteiger partial charge on any atom is 0.407 e. The fraction of sp³-hybridized carbons (Fsp3) is 0.130. The number of amides is 1. The lowest BCUT2D eigenvalue weighted by Gasteiger charge is -2.14. The molecular formula is C23H19N3O3. The van der Waals surface area contributed by atoms with Crippen LogP contribution in [0.5, 0.6) is 0 Å². The molecule has 2 aromatic carbocycles. The molecule has 0 fully saturated rings. The second kappa shape index (κ2) is 7.95. The van der Waals surface area contributed by atoms with Crippen molar-refractivity contribution in [3.05, 3.63) is 87.8 Å². The molecule has 1 aromatic heterocycles. The third kappa shape index (κ3) is 3.85. The minimum atomic E-state index is -0.526. The highest BCUT2D eigenvalue weighted by molar-refractivity contribution is 5.79. The van der Waals surface area contributed by atoms with Gasteiger partial charge >= 0.3 is 6.09 Å². The number of anilines is 1. The minimum Gasteiger partial charge on any atom is -0.449 e. The molecule has 0 atom stereocenters. The van der Waals surface area contributed by atoms with Crippen LogP contribution in [0.3, 0.4) is 0 Å². The lowest BCUT2D eigenvalue weighted by molar-refractivity contribution is 0.144. The van der Waals surface area contributed by atoms with Crippen LogP contribution in [0.2, 0.25) is 0 Å². The number of H-pyrrole nitrogens is 1. The van der Waals surface area contributed by atoms with E-state index in [2.05, 4.69) is 46.4 Å². The van der Waals surface area contributed by atoms with Gasteiger partial charge in [-0.15, -0.1) is 0 Å². The Morgan fingerprint density at radius 1 is 1.10 bits per heavy atom.